The van der Waals surface area contributed by atoms with Crippen LogP contribution in [-0.2, 0) is 4.79 Å². The number of carbonyl (C=O) groups excluding carboxylic acids is 1. The number of fused-ring (bicyclic) bond motifs is 1. The molecule has 1 aliphatic heterocycles. The molecule has 0 unspecified atom stereocenters. The topological polar surface area (TPSA) is 81.5 Å². The number of nitrogens with one attached hydrogen (secondary N) is 1. The largest absolute Gasteiger partial charge is 0.497 e. The number of aliphatic imine (C=N–C) groups is 2. The number of carbonyl (C=O) groups is 1. The van der Waals surface area contributed by atoms with Gasteiger partial charge in [0.05, 0.1) is 59.9 Å². The summed E-state index contributed by atoms with van der Waals surface area (Å²) < 4.78 is 16.0. The Kier molecular flexibility index (Phi) is 7.94. The number of benzene rings is 3. The highest BCUT2D eigenvalue weighted by atomic mass is 35.5. The molecule has 3 aromatic rings. The summed E-state index contributed by atoms with van der Waals surface area (Å²) in [7, 11) is 4.67. The van der Waals surface area contributed by atoms with Crippen LogP contribution in [0.2, 0.25) is 5.02 Å². The van der Waals surface area contributed by atoms with Gasteiger partial charge in [-0.3, -0.25) is 9.79 Å². The summed E-state index contributed by atoms with van der Waals surface area (Å²) in [5, 5.41) is 4.02. The van der Waals surface area contributed by atoms with Crippen LogP contribution in [0.1, 0.15) is 12.0 Å². The van der Waals surface area contributed by atoms with Crippen LogP contribution in [0.3, 0.4) is 0 Å². The number of ether oxygens (including phenoxy) is 3. The first-order valence-corrected chi connectivity index (χ1v) is 12.1. The first-order valence-electron chi connectivity index (χ1n) is 10.7. The van der Waals surface area contributed by atoms with Crippen LogP contribution in [0, 0.1) is 0 Å². The predicted molar refractivity (Wildman–Crippen MR) is 143 cm³/mol. The van der Waals surface area contributed by atoms with Gasteiger partial charge in [0.25, 0.3) is 0 Å². The zero-order chi connectivity index (χ0) is 24.8. The average Bonchev–Trinajstić information content (AvgIpc) is 3.07. The normalized spacial score (nSPS) is 12.6. The Morgan fingerprint density at radius 3 is 2.40 bits per heavy atom. The molecule has 0 atom stereocenters. The number of methoxy groups -OCH3 is 3. The fourth-order valence-electron chi connectivity index (χ4n) is 3.50. The van der Waals surface area contributed by atoms with Gasteiger partial charge in [-0.15, -0.1) is 11.8 Å². The van der Waals surface area contributed by atoms with E-state index in [0.717, 1.165) is 33.4 Å². The highest BCUT2D eigenvalue weighted by Gasteiger charge is 2.18. The fourth-order valence-corrected chi connectivity index (χ4v) is 4.51. The fraction of sp³-hybridized carbons (Fsp3) is 0.192. The molecule has 1 heterocycles. The Morgan fingerprint density at radius 2 is 1.69 bits per heavy atom. The van der Waals surface area contributed by atoms with Gasteiger partial charge in [-0.1, -0.05) is 35.9 Å². The number of nitrogens with zero attached hydrogens (tertiary/aromatic N) is 2. The van der Waals surface area contributed by atoms with Crippen LogP contribution in [0.15, 0.2) is 70.6 Å². The molecule has 0 saturated heterocycles. The monoisotopic (exact) mass is 509 g/mol. The van der Waals surface area contributed by atoms with Crippen LogP contribution in [0.4, 0.5) is 17.1 Å². The van der Waals surface area contributed by atoms with Crippen molar-refractivity contribution in [2.24, 2.45) is 9.98 Å². The number of para-hydroxylation sites is 2. The number of hydrogen-bond acceptors (Lipinski definition) is 7. The van der Waals surface area contributed by atoms with E-state index >= 15 is 0 Å². The number of thioether (sulfide) groups is 1. The molecule has 0 spiro atoms. The average molecular weight is 510 g/mol. The Hall–Kier alpha value is -3.49. The van der Waals surface area contributed by atoms with Gasteiger partial charge in [-0.25, -0.2) is 4.99 Å². The maximum Gasteiger partial charge on any atom is 0.234 e. The minimum absolute atomic E-state index is 0.152. The molecule has 1 aliphatic rings. The number of amides is 1. The van der Waals surface area contributed by atoms with E-state index in [1.165, 1.54) is 26.0 Å². The minimum Gasteiger partial charge on any atom is -0.497 e. The van der Waals surface area contributed by atoms with Crippen molar-refractivity contribution in [1.29, 1.82) is 0 Å². The van der Waals surface area contributed by atoms with Crippen molar-refractivity contribution < 1.29 is 19.0 Å². The highest BCUT2D eigenvalue weighted by Crippen LogP contribution is 2.36. The van der Waals surface area contributed by atoms with Crippen molar-refractivity contribution in [2.45, 2.75) is 6.42 Å². The molecule has 0 radical (unpaired) electrons. The van der Waals surface area contributed by atoms with E-state index in [1.54, 1.807) is 19.2 Å². The third-order valence-electron chi connectivity index (χ3n) is 5.22. The van der Waals surface area contributed by atoms with Crippen molar-refractivity contribution in [1.82, 2.24) is 0 Å². The Morgan fingerprint density at radius 1 is 0.943 bits per heavy atom. The van der Waals surface area contributed by atoms with E-state index in [0.29, 0.717) is 28.6 Å². The molecule has 35 heavy (non-hydrogen) atoms. The second-order valence-electron chi connectivity index (χ2n) is 7.49. The zero-order valence-corrected chi connectivity index (χ0v) is 21.1. The Balaban J connectivity index is 1.53. The van der Waals surface area contributed by atoms with Crippen molar-refractivity contribution in [3.63, 3.8) is 0 Å². The number of anilines is 1. The van der Waals surface area contributed by atoms with Crippen molar-refractivity contribution in [2.75, 3.05) is 32.4 Å². The zero-order valence-electron chi connectivity index (χ0n) is 19.5. The van der Waals surface area contributed by atoms with E-state index in [2.05, 4.69) is 5.32 Å². The lowest BCUT2D eigenvalue weighted by Crippen LogP contribution is -2.17. The third-order valence-corrected chi connectivity index (χ3v) is 6.49. The van der Waals surface area contributed by atoms with E-state index in [9.17, 15) is 4.79 Å². The van der Waals surface area contributed by atoms with E-state index in [1.807, 2.05) is 48.5 Å². The second kappa shape index (κ2) is 11.3. The van der Waals surface area contributed by atoms with Gasteiger partial charge >= 0.3 is 0 Å². The second-order valence-corrected chi connectivity index (χ2v) is 8.94. The van der Waals surface area contributed by atoms with Crippen molar-refractivity contribution in [3.8, 4) is 17.2 Å². The Bertz CT molecular complexity index is 1310. The molecule has 3 aromatic carbocycles. The molecule has 7 nitrogen and oxygen atoms in total. The molecule has 4 rings (SSSR count). The van der Waals surface area contributed by atoms with Crippen LogP contribution in [0.5, 0.6) is 17.2 Å². The van der Waals surface area contributed by atoms with Crippen molar-refractivity contribution in [3.05, 3.63) is 71.2 Å². The van der Waals surface area contributed by atoms with Crippen LogP contribution in [-0.4, -0.2) is 43.7 Å². The van der Waals surface area contributed by atoms with E-state index < -0.39 is 0 Å². The lowest BCUT2D eigenvalue weighted by molar-refractivity contribution is -0.113. The molecule has 1 amide bonds. The lowest BCUT2D eigenvalue weighted by Gasteiger charge is -2.13. The van der Waals surface area contributed by atoms with Gasteiger partial charge in [0.1, 0.15) is 17.2 Å². The molecule has 0 saturated carbocycles. The van der Waals surface area contributed by atoms with Gasteiger partial charge < -0.3 is 19.5 Å². The summed E-state index contributed by atoms with van der Waals surface area (Å²) in [6.45, 7) is 0. The summed E-state index contributed by atoms with van der Waals surface area (Å²) in [6.07, 6.45) is 0.484. The maximum atomic E-state index is 12.8. The number of halogens is 1. The van der Waals surface area contributed by atoms with E-state index in [-0.39, 0.29) is 11.7 Å². The number of rotatable bonds is 7. The first-order chi connectivity index (χ1) is 17.0. The molecule has 0 aliphatic carbocycles. The summed E-state index contributed by atoms with van der Waals surface area (Å²) in [5.41, 5.74) is 3.80. The van der Waals surface area contributed by atoms with Gasteiger partial charge in [-0.2, -0.15) is 0 Å². The summed E-state index contributed by atoms with van der Waals surface area (Å²) in [6, 6.07) is 18.7. The quantitative estimate of drug-likeness (QED) is 0.404. The number of hydrogen-bond donors (Lipinski definition) is 1. The molecule has 0 fully saturated rings. The molecule has 0 bridgehead atoms. The summed E-state index contributed by atoms with van der Waals surface area (Å²) in [5.74, 6) is 1.61. The van der Waals surface area contributed by atoms with Gasteiger partial charge in [0, 0.05) is 18.1 Å². The van der Waals surface area contributed by atoms with Gasteiger partial charge in [-0.05, 0) is 30.3 Å². The predicted octanol–water partition coefficient (Wildman–Crippen LogP) is 6.29. The maximum absolute atomic E-state index is 12.8. The summed E-state index contributed by atoms with van der Waals surface area (Å²) >= 11 is 7.59. The summed E-state index contributed by atoms with van der Waals surface area (Å²) in [4.78, 5) is 22.5. The molecular formula is C26H24ClN3O4S. The first kappa shape index (κ1) is 24.6. The van der Waals surface area contributed by atoms with Crippen LogP contribution >= 0.6 is 23.4 Å². The standard InChI is InChI=1S/C26H24ClN3O4S/c1-32-17-8-6-7-16(11-17)21-13-26(30-20-10-5-4-9-19(20)28-21)35-15-25(31)29-22-12-18(27)23(33-2)14-24(22)34-3/h4-12,14H,13,15H2,1-3H3,(H,29,31). The minimum atomic E-state index is -0.213. The van der Waals surface area contributed by atoms with E-state index in [4.69, 9.17) is 35.8 Å². The van der Waals surface area contributed by atoms with Crippen molar-refractivity contribution >= 4 is 57.1 Å². The highest BCUT2D eigenvalue weighted by molar-refractivity contribution is 8.14. The lowest BCUT2D eigenvalue weighted by atomic mass is 10.1. The van der Waals surface area contributed by atoms with Crippen LogP contribution in [0.25, 0.3) is 0 Å². The smallest absolute Gasteiger partial charge is 0.234 e. The molecule has 9 heteroatoms. The SMILES string of the molecule is COc1cccc(C2=Nc3ccccc3N=C(SCC(=O)Nc3cc(Cl)c(OC)cc3OC)C2)c1. The molecular weight excluding hydrogens is 486 g/mol. The molecule has 0 aromatic heterocycles. The Labute approximate surface area is 213 Å². The van der Waals surface area contributed by atoms with Gasteiger partial charge in [0.15, 0.2) is 0 Å². The molecule has 1 N–H and O–H groups in total. The third kappa shape index (κ3) is 5.96. The van der Waals surface area contributed by atoms with Crippen LogP contribution < -0.4 is 19.5 Å². The molecule has 180 valence electrons. The van der Waals surface area contributed by atoms with Gasteiger partial charge in [0.2, 0.25) is 5.91 Å².